The van der Waals surface area contributed by atoms with Crippen LogP contribution in [0, 0.1) is 0 Å². The maximum atomic E-state index is 11.0. The van der Waals surface area contributed by atoms with Crippen LogP contribution < -0.4 is 5.73 Å². The zero-order chi connectivity index (χ0) is 24.7. The maximum absolute atomic E-state index is 11.0. The van der Waals surface area contributed by atoms with Gasteiger partial charge < -0.3 is 36.2 Å². The molecule has 0 aromatic rings. The van der Waals surface area contributed by atoms with Gasteiger partial charge in [-0.2, -0.15) is 0 Å². The van der Waals surface area contributed by atoms with Gasteiger partial charge in [-0.1, -0.05) is 6.42 Å². The van der Waals surface area contributed by atoms with Crippen molar-refractivity contribution >= 4 is 29.8 Å². The summed E-state index contributed by atoms with van der Waals surface area (Å²) in [6, 6.07) is -0.994. The van der Waals surface area contributed by atoms with Gasteiger partial charge >= 0.3 is 29.8 Å². The second-order valence-corrected chi connectivity index (χ2v) is 7.28. The second kappa shape index (κ2) is 15.9. The van der Waals surface area contributed by atoms with Gasteiger partial charge in [-0.25, -0.2) is 0 Å². The van der Waals surface area contributed by atoms with Crippen LogP contribution in [0.4, 0.5) is 0 Å². The lowest BCUT2D eigenvalue weighted by molar-refractivity contribution is -0.143. The predicted molar refractivity (Wildman–Crippen MR) is 109 cm³/mol. The summed E-state index contributed by atoms with van der Waals surface area (Å²) in [5.74, 6) is -5.86. The third-order valence-corrected chi connectivity index (χ3v) is 4.46. The van der Waals surface area contributed by atoms with E-state index in [9.17, 15) is 24.0 Å². The number of carbonyl (C=O) groups is 5. The van der Waals surface area contributed by atoms with Crippen LogP contribution in [0.15, 0.2) is 0 Å². The molecule has 0 amide bonds. The fourth-order valence-electron chi connectivity index (χ4n) is 2.92. The van der Waals surface area contributed by atoms with Crippen molar-refractivity contribution < 1.29 is 49.5 Å². The normalized spacial score (nSPS) is 12.2. The second-order valence-electron chi connectivity index (χ2n) is 7.28. The average molecular weight is 464 g/mol. The number of nitrogens with zero attached hydrogens (tertiary/aromatic N) is 3. The van der Waals surface area contributed by atoms with Crippen molar-refractivity contribution in [2.24, 2.45) is 5.73 Å². The van der Waals surface area contributed by atoms with Gasteiger partial charge in [0.2, 0.25) is 0 Å². The van der Waals surface area contributed by atoms with Crippen LogP contribution in [0.1, 0.15) is 19.3 Å². The summed E-state index contributed by atoms with van der Waals surface area (Å²) in [5, 5.41) is 44.6. The van der Waals surface area contributed by atoms with Crippen LogP contribution in [0.25, 0.3) is 0 Å². The van der Waals surface area contributed by atoms with E-state index in [2.05, 4.69) is 0 Å². The Morgan fingerprint density at radius 2 is 0.906 bits per heavy atom. The van der Waals surface area contributed by atoms with Crippen molar-refractivity contribution in [3.8, 4) is 0 Å². The minimum absolute atomic E-state index is 0.102. The quantitative estimate of drug-likeness (QED) is 0.105. The van der Waals surface area contributed by atoms with Gasteiger partial charge in [-0.05, 0) is 19.4 Å². The summed E-state index contributed by atoms with van der Waals surface area (Å²) in [5.41, 5.74) is 5.47. The fourth-order valence-corrected chi connectivity index (χ4v) is 2.92. The molecular formula is C18H32N4O10. The van der Waals surface area contributed by atoms with Crippen LogP contribution in [-0.4, -0.2) is 135 Å². The molecule has 0 radical (unpaired) electrons. The first-order valence-corrected chi connectivity index (χ1v) is 9.93. The Hall–Kier alpha value is -2.81. The van der Waals surface area contributed by atoms with E-state index < -0.39 is 62.1 Å². The first-order chi connectivity index (χ1) is 14.9. The minimum atomic E-state index is -1.19. The Morgan fingerprint density at radius 1 is 0.562 bits per heavy atom. The highest BCUT2D eigenvalue weighted by molar-refractivity contribution is 5.73. The van der Waals surface area contributed by atoms with Crippen LogP contribution in [0.3, 0.4) is 0 Å². The minimum Gasteiger partial charge on any atom is -0.480 e. The highest BCUT2D eigenvalue weighted by atomic mass is 16.4. The van der Waals surface area contributed by atoms with Crippen molar-refractivity contribution in [3.05, 3.63) is 0 Å². The van der Waals surface area contributed by atoms with E-state index in [0.29, 0.717) is 19.4 Å². The van der Waals surface area contributed by atoms with E-state index in [1.807, 2.05) is 4.90 Å². The number of hydrogen-bond acceptors (Lipinski definition) is 9. The molecule has 0 aliphatic heterocycles. The molecule has 0 aromatic heterocycles. The first kappa shape index (κ1) is 29.2. The molecular weight excluding hydrogens is 432 g/mol. The largest absolute Gasteiger partial charge is 0.480 e. The van der Waals surface area contributed by atoms with E-state index in [1.54, 1.807) is 0 Å². The zero-order valence-electron chi connectivity index (χ0n) is 17.8. The standard InChI is InChI=1S/C18H32N4O10/c19-13(18(31)32)3-1-2-4-20(5-7-21(9-14(23)24)10-15(25)26)6-8-22(11-16(27)28)12-17(29)30/h13H,1-12,19H2,(H,23,24)(H,25,26)(H,27,28)(H,29,30)(H,31,32)/t13-/m0/s1. The first-order valence-electron chi connectivity index (χ1n) is 9.93. The molecule has 0 aliphatic carbocycles. The summed E-state index contributed by atoms with van der Waals surface area (Å²) in [4.78, 5) is 58.9. The number of rotatable bonds is 20. The molecule has 0 spiro atoms. The van der Waals surface area contributed by atoms with E-state index in [1.165, 1.54) is 9.80 Å². The Bertz CT molecular complexity index is 573. The van der Waals surface area contributed by atoms with Gasteiger partial charge in [-0.15, -0.1) is 0 Å². The maximum Gasteiger partial charge on any atom is 0.320 e. The van der Waals surface area contributed by atoms with E-state index >= 15 is 0 Å². The lowest BCUT2D eigenvalue weighted by Crippen LogP contribution is -2.44. The number of carboxylic acids is 5. The molecule has 0 aliphatic rings. The van der Waals surface area contributed by atoms with Gasteiger partial charge in [-0.3, -0.25) is 33.8 Å². The fraction of sp³-hybridized carbons (Fsp3) is 0.722. The Labute approximate surface area is 184 Å². The monoisotopic (exact) mass is 464 g/mol. The Kier molecular flexibility index (Phi) is 14.5. The zero-order valence-corrected chi connectivity index (χ0v) is 17.8. The molecule has 32 heavy (non-hydrogen) atoms. The van der Waals surface area contributed by atoms with Crippen LogP contribution in [0.5, 0.6) is 0 Å². The predicted octanol–water partition coefficient (Wildman–Crippen LogP) is -2.19. The summed E-state index contributed by atoms with van der Waals surface area (Å²) in [6.07, 6.45) is 1.28. The summed E-state index contributed by atoms with van der Waals surface area (Å²) >= 11 is 0. The van der Waals surface area contributed by atoms with Crippen molar-refractivity contribution in [1.29, 1.82) is 0 Å². The third-order valence-electron chi connectivity index (χ3n) is 4.46. The molecule has 0 bridgehead atoms. The molecule has 14 heteroatoms. The molecule has 0 aromatic carbocycles. The number of aliphatic carboxylic acids is 5. The highest BCUT2D eigenvalue weighted by Crippen LogP contribution is 2.04. The third kappa shape index (κ3) is 16.0. The van der Waals surface area contributed by atoms with Gasteiger partial charge in [0, 0.05) is 26.2 Å². The molecule has 184 valence electrons. The van der Waals surface area contributed by atoms with Crippen molar-refractivity contribution in [2.75, 3.05) is 58.9 Å². The molecule has 0 saturated heterocycles. The van der Waals surface area contributed by atoms with Crippen LogP contribution in [0.2, 0.25) is 0 Å². The average Bonchev–Trinajstić information content (AvgIpc) is 2.63. The van der Waals surface area contributed by atoms with Gasteiger partial charge in [0.1, 0.15) is 6.04 Å². The van der Waals surface area contributed by atoms with Crippen molar-refractivity contribution in [1.82, 2.24) is 14.7 Å². The number of nitrogens with two attached hydrogens (primary N) is 1. The molecule has 0 heterocycles. The Morgan fingerprint density at radius 3 is 1.22 bits per heavy atom. The topological polar surface area (TPSA) is 222 Å². The molecule has 1 atom stereocenters. The van der Waals surface area contributed by atoms with Crippen LogP contribution in [-0.2, 0) is 24.0 Å². The molecule has 0 saturated carbocycles. The van der Waals surface area contributed by atoms with E-state index in [4.69, 9.17) is 31.3 Å². The summed E-state index contributed by atoms with van der Waals surface area (Å²) in [7, 11) is 0. The smallest absolute Gasteiger partial charge is 0.320 e. The van der Waals surface area contributed by atoms with Gasteiger partial charge in [0.15, 0.2) is 0 Å². The highest BCUT2D eigenvalue weighted by Gasteiger charge is 2.18. The molecule has 0 unspecified atom stereocenters. The number of unbranched alkanes of at least 4 members (excludes halogenated alkanes) is 1. The van der Waals surface area contributed by atoms with Crippen LogP contribution >= 0.6 is 0 Å². The molecule has 7 N–H and O–H groups in total. The molecule has 0 fully saturated rings. The SMILES string of the molecule is N[C@@H](CCCCN(CCN(CC(=O)O)CC(=O)O)CCN(CC(=O)O)CC(=O)O)C(=O)O. The van der Waals surface area contributed by atoms with Crippen molar-refractivity contribution in [3.63, 3.8) is 0 Å². The number of carboxylic acid groups (broad SMARTS) is 5. The number of hydrogen-bond donors (Lipinski definition) is 6. The summed E-state index contributed by atoms with van der Waals surface area (Å²) in [6.45, 7) is -0.769. The van der Waals surface area contributed by atoms with E-state index in [-0.39, 0.29) is 32.6 Å². The van der Waals surface area contributed by atoms with Gasteiger partial charge in [0.05, 0.1) is 26.2 Å². The molecule has 14 nitrogen and oxygen atoms in total. The molecule has 0 rings (SSSR count). The lowest BCUT2D eigenvalue weighted by atomic mass is 10.1. The van der Waals surface area contributed by atoms with Crippen molar-refractivity contribution in [2.45, 2.75) is 25.3 Å². The lowest BCUT2D eigenvalue weighted by Gasteiger charge is -2.28. The summed E-state index contributed by atoms with van der Waals surface area (Å²) < 4.78 is 0. The Balaban J connectivity index is 4.99. The van der Waals surface area contributed by atoms with Gasteiger partial charge in [0.25, 0.3) is 0 Å². The van der Waals surface area contributed by atoms with E-state index in [0.717, 1.165) is 0 Å².